The lowest BCUT2D eigenvalue weighted by molar-refractivity contribution is 0.0807. The summed E-state index contributed by atoms with van der Waals surface area (Å²) >= 11 is 6.44. The van der Waals surface area contributed by atoms with Gasteiger partial charge >= 0.3 is 0 Å². The van der Waals surface area contributed by atoms with Crippen LogP contribution in [0.1, 0.15) is 38.2 Å². The second-order valence-electron chi connectivity index (χ2n) is 6.57. The van der Waals surface area contributed by atoms with Gasteiger partial charge in [0.1, 0.15) is 5.75 Å². The molecule has 134 valence electrons. The molecule has 0 saturated heterocycles. The third-order valence-corrected chi connectivity index (χ3v) is 5.27. The first-order chi connectivity index (χ1) is 11.7. The lowest BCUT2D eigenvalue weighted by Gasteiger charge is -2.22. The topological polar surface area (TPSA) is 49.7 Å². The van der Waals surface area contributed by atoms with E-state index in [1.165, 1.54) is 0 Å². The Morgan fingerprint density at radius 3 is 2.62 bits per heavy atom. The Morgan fingerprint density at radius 2 is 1.96 bits per heavy atom. The molecule has 2 rings (SSSR count). The van der Waals surface area contributed by atoms with Gasteiger partial charge in [-0.3, -0.25) is 0 Å². The minimum Gasteiger partial charge on any atom is -0.493 e. The van der Waals surface area contributed by atoms with Gasteiger partial charge in [0.05, 0.1) is 12.7 Å². The molecule has 3 nitrogen and oxygen atoms in total. The van der Waals surface area contributed by atoms with E-state index >= 15 is 0 Å². The summed E-state index contributed by atoms with van der Waals surface area (Å²) in [5, 5.41) is 19.3. The fraction of sp³-hybridized carbons (Fsp3) is 0.600. The van der Waals surface area contributed by atoms with Gasteiger partial charge in [-0.25, -0.2) is 0 Å². The molecule has 0 aliphatic heterocycles. The summed E-state index contributed by atoms with van der Waals surface area (Å²) < 4.78 is 5.89. The lowest BCUT2D eigenvalue weighted by atomic mass is 9.92. The molecule has 1 aliphatic rings. The number of allylic oxidation sites excluding steroid dienone is 2. The van der Waals surface area contributed by atoms with Crippen molar-refractivity contribution >= 4 is 11.6 Å². The second kappa shape index (κ2) is 10.1. The molecule has 2 N–H and O–H groups in total. The molecular weight excluding hydrogens is 324 g/mol. The van der Waals surface area contributed by atoms with Gasteiger partial charge in [-0.1, -0.05) is 37.6 Å². The van der Waals surface area contributed by atoms with Gasteiger partial charge in [-0.15, -0.1) is 11.6 Å². The zero-order valence-electron chi connectivity index (χ0n) is 14.4. The summed E-state index contributed by atoms with van der Waals surface area (Å²) in [5.41, 5.74) is 1.09. The molecule has 0 spiro atoms. The van der Waals surface area contributed by atoms with Gasteiger partial charge in [-0.2, -0.15) is 0 Å². The van der Waals surface area contributed by atoms with E-state index in [0.717, 1.165) is 30.6 Å². The van der Waals surface area contributed by atoms with E-state index in [4.69, 9.17) is 21.4 Å². The molecule has 1 aliphatic carbocycles. The molecule has 0 amide bonds. The monoisotopic (exact) mass is 352 g/mol. The van der Waals surface area contributed by atoms with E-state index in [2.05, 4.69) is 19.1 Å². The van der Waals surface area contributed by atoms with E-state index in [9.17, 15) is 5.11 Å². The van der Waals surface area contributed by atoms with Crippen molar-refractivity contribution in [2.45, 2.75) is 50.5 Å². The first-order valence-electron chi connectivity index (χ1n) is 8.95. The lowest BCUT2D eigenvalue weighted by Crippen LogP contribution is -2.27. The molecule has 0 radical (unpaired) electrons. The van der Waals surface area contributed by atoms with Gasteiger partial charge < -0.3 is 14.9 Å². The number of aliphatic hydroxyl groups is 2. The van der Waals surface area contributed by atoms with Crippen molar-refractivity contribution in [2.75, 3.05) is 13.2 Å². The van der Waals surface area contributed by atoms with Gasteiger partial charge in [0.2, 0.25) is 0 Å². The van der Waals surface area contributed by atoms with Crippen LogP contribution in [0.5, 0.6) is 5.75 Å². The van der Waals surface area contributed by atoms with Crippen LogP contribution in [0.25, 0.3) is 0 Å². The van der Waals surface area contributed by atoms with Crippen molar-refractivity contribution in [1.29, 1.82) is 0 Å². The molecule has 1 aromatic carbocycles. The van der Waals surface area contributed by atoms with Crippen molar-refractivity contribution in [2.24, 2.45) is 11.8 Å². The van der Waals surface area contributed by atoms with Crippen LogP contribution in [0.3, 0.4) is 0 Å². The van der Waals surface area contributed by atoms with Crippen LogP contribution < -0.4 is 4.74 Å². The number of unbranched alkanes of at least 4 members (excludes halogenated alkanes) is 1. The number of ether oxygens (including phenoxy) is 1. The van der Waals surface area contributed by atoms with Crippen LogP contribution in [0.4, 0.5) is 0 Å². The average molecular weight is 353 g/mol. The molecule has 4 atom stereocenters. The van der Waals surface area contributed by atoms with Gasteiger partial charge in [-0.05, 0) is 49.3 Å². The predicted octanol–water partition coefficient (Wildman–Crippen LogP) is 3.95. The largest absolute Gasteiger partial charge is 0.493 e. The Morgan fingerprint density at radius 1 is 1.21 bits per heavy atom. The van der Waals surface area contributed by atoms with Crippen LogP contribution in [-0.2, 0) is 6.42 Å². The highest BCUT2D eigenvalue weighted by Crippen LogP contribution is 2.39. The van der Waals surface area contributed by atoms with Crippen LogP contribution in [0.15, 0.2) is 36.4 Å². The summed E-state index contributed by atoms with van der Waals surface area (Å²) in [6, 6.07) is 7.76. The molecule has 1 saturated carbocycles. The average Bonchev–Trinajstić information content (AvgIpc) is 2.84. The van der Waals surface area contributed by atoms with Gasteiger partial charge in [0, 0.05) is 17.9 Å². The molecule has 0 aromatic heterocycles. The highest BCUT2D eigenvalue weighted by atomic mass is 35.5. The molecule has 0 unspecified atom stereocenters. The van der Waals surface area contributed by atoms with E-state index < -0.39 is 6.10 Å². The first kappa shape index (κ1) is 19.3. The maximum Gasteiger partial charge on any atom is 0.119 e. The zero-order chi connectivity index (χ0) is 17.4. The quantitative estimate of drug-likeness (QED) is 0.522. The molecule has 0 bridgehead atoms. The Bertz CT molecular complexity index is 500. The predicted molar refractivity (Wildman–Crippen MR) is 98.6 cm³/mol. The molecule has 1 fully saturated rings. The number of aliphatic hydroxyl groups excluding tert-OH is 2. The summed E-state index contributed by atoms with van der Waals surface area (Å²) in [7, 11) is 0. The Hall–Kier alpha value is -1.03. The molecular formula is C20H29ClO3. The number of rotatable bonds is 9. The van der Waals surface area contributed by atoms with Gasteiger partial charge in [0.25, 0.3) is 0 Å². The normalized spacial score (nSPS) is 27.0. The van der Waals surface area contributed by atoms with Crippen molar-refractivity contribution in [3.8, 4) is 5.75 Å². The van der Waals surface area contributed by atoms with E-state index in [-0.39, 0.29) is 23.8 Å². The summed E-state index contributed by atoms with van der Waals surface area (Å²) in [4.78, 5) is 0. The maximum absolute atomic E-state index is 10.3. The molecule has 24 heavy (non-hydrogen) atoms. The minimum atomic E-state index is -0.397. The number of alkyl halides is 1. The SMILES string of the molecule is CCC/C=C\C[C@@H]1[C@@H](COc2ccc(CCO)cc2)[C@H](O)C[C@H]1Cl. The Labute approximate surface area is 150 Å². The summed E-state index contributed by atoms with van der Waals surface area (Å²) in [5.74, 6) is 1.11. The van der Waals surface area contributed by atoms with Crippen molar-refractivity contribution in [3.05, 3.63) is 42.0 Å². The van der Waals surface area contributed by atoms with E-state index in [0.29, 0.717) is 19.4 Å². The number of halogens is 1. The Balaban J connectivity index is 1.90. The van der Waals surface area contributed by atoms with Crippen LogP contribution >= 0.6 is 11.6 Å². The Kier molecular flexibility index (Phi) is 8.10. The van der Waals surface area contributed by atoms with E-state index in [1.54, 1.807) is 0 Å². The molecule has 0 heterocycles. The number of hydrogen-bond donors (Lipinski definition) is 2. The number of benzene rings is 1. The van der Waals surface area contributed by atoms with Crippen LogP contribution in [-0.4, -0.2) is 34.9 Å². The second-order valence-corrected chi connectivity index (χ2v) is 7.13. The number of hydrogen-bond acceptors (Lipinski definition) is 3. The van der Waals surface area contributed by atoms with Gasteiger partial charge in [0.15, 0.2) is 0 Å². The highest BCUT2D eigenvalue weighted by Gasteiger charge is 2.41. The maximum atomic E-state index is 10.3. The third kappa shape index (κ3) is 5.51. The minimum absolute atomic E-state index is 0.00630. The standard InChI is InChI=1S/C20H29ClO3/c1-2-3-4-5-6-17-18(20(23)13-19(17)21)14-24-16-9-7-15(8-10-16)11-12-22/h4-5,7-10,17-20,22-23H,2-3,6,11-14H2,1H3/b5-4-/t17-,18-,19-,20-/m1/s1. The fourth-order valence-electron chi connectivity index (χ4n) is 3.30. The highest BCUT2D eigenvalue weighted by molar-refractivity contribution is 6.21. The third-order valence-electron chi connectivity index (χ3n) is 4.77. The van der Waals surface area contributed by atoms with Crippen LogP contribution in [0, 0.1) is 11.8 Å². The van der Waals surface area contributed by atoms with Crippen LogP contribution in [0.2, 0.25) is 0 Å². The molecule has 1 aromatic rings. The smallest absolute Gasteiger partial charge is 0.119 e. The summed E-state index contributed by atoms with van der Waals surface area (Å²) in [6.07, 6.45) is 8.42. The first-order valence-corrected chi connectivity index (χ1v) is 9.39. The van der Waals surface area contributed by atoms with Crippen molar-refractivity contribution < 1.29 is 14.9 Å². The fourth-order valence-corrected chi connectivity index (χ4v) is 3.78. The molecule has 4 heteroatoms. The van der Waals surface area contributed by atoms with E-state index in [1.807, 2.05) is 24.3 Å². The van der Waals surface area contributed by atoms with Crippen molar-refractivity contribution in [1.82, 2.24) is 0 Å². The van der Waals surface area contributed by atoms with Crippen molar-refractivity contribution in [3.63, 3.8) is 0 Å². The summed E-state index contributed by atoms with van der Waals surface area (Å²) in [6.45, 7) is 2.80. The zero-order valence-corrected chi connectivity index (χ0v) is 15.2.